The molecule has 0 aliphatic carbocycles. The van der Waals surface area contributed by atoms with Crippen LogP contribution in [0.15, 0.2) is 48.5 Å². The van der Waals surface area contributed by atoms with Gasteiger partial charge in [0.2, 0.25) is 10.0 Å². The highest BCUT2D eigenvalue weighted by Gasteiger charge is 2.13. The fraction of sp³-hybridized carbons (Fsp3) is 0.167. The van der Waals surface area contributed by atoms with E-state index in [-0.39, 0.29) is 12.2 Å². The van der Waals surface area contributed by atoms with E-state index in [0.717, 1.165) is 16.5 Å². The predicted octanol–water partition coefficient (Wildman–Crippen LogP) is 1.46. The molecule has 0 aliphatic heterocycles. The summed E-state index contributed by atoms with van der Waals surface area (Å²) in [7, 11) is -3.24. The molecular weight excluding hydrogens is 400 g/mol. The minimum Gasteiger partial charge on any atom is -0.266 e. The monoisotopic (exact) mass is 418 g/mol. The van der Waals surface area contributed by atoms with Gasteiger partial charge in [-0.05, 0) is 30.7 Å². The quantitative estimate of drug-likeness (QED) is 0.524. The fourth-order valence-corrected chi connectivity index (χ4v) is 3.80. The van der Waals surface area contributed by atoms with Crippen molar-refractivity contribution < 1.29 is 18.0 Å². The Morgan fingerprint density at radius 3 is 2.54 bits per heavy atom. The molecule has 10 heteroatoms. The smallest absolute Gasteiger partial charge is 0.266 e. The van der Waals surface area contributed by atoms with Crippen LogP contribution in [0.3, 0.4) is 0 Å². The Bertz CT molecular complexity index is 1130. The number of fused-ring (bicyclic) bond motifs is 1. The van der Waals surface area contributed by atoms with Gasteiger partial charge in [-0.1, -0.05) is 24.3 Å². The molecule has 3 N–H and O–H groups in total. The largest absolute Gasteiger partial charge is 0.288 e. The molecular formula is C18H18N4O4S2. The maximum Gasteiger partial charge on any atom is 0.288 e. The topological polar surface area (TPSA) is 117 Å². The number of hydrogen-bond acceptors (Lipinski definition) is 6. The number of thiophene rings is 1. The lowest BCUT2D eigenvalue weighted by atomic mass is 10.2. The van der Waals surface area contributed by atoms with Crippen LogP contribution in [0.5, 0.6) is 0 Å². The number of hydrazine groups is 1. The number of pyridine rings is 1. The van der Waals surface area contributed by atoms with E-state index in [1.54, 1.807) is 30.3 Å². The van der Waals surface area contributed by atoms with E-state index in [1.165, 1.54) is 11.3 Å². The average Bonchev–Trinajstić information content (AvgIpc) is 3.13. The highest BCUT2D eigenvalue weighted by atomic mass is 32.2. The van der Waals surface area contributed by atoms with Crippen molar-refractivity contribution in [1.82, 2.24) is 20.6 Å². The maximum atomic E-state index is 12.2. The number of nitrogens with one attached hydrogen (secondary N) is 3. The highest BCUT2D eigenvalue weighted by Crippen LogP contribution is 2.16. The van der Waals surface area contributed by atoms with Crippen molar-refractivity contribution >= 4 is 44.1 Å². The molecule has 3 aromatic rings. The van der Waals surface area contributed by atoms with Crippen LogP contribution in [-0.4, -0.2) is 38.0 Å². The van der Waals surface area contributed by atoms with Gasteiger partial charge in [-0.2, -0.15) is 0 Å². The van der Waals surface area contributed by atoms with E-state index in [9.17, 15) is 18.0 Å². The molecule has 2 heterocycles. The number of carbonyl (C=O) groups excluding carboxylic acids is 2. The summed E-state index contributed by atoms with van der Waals surface area (Å²) in [4.78, 5) is 29.9. The predicted molar refractivity (Wildman–Crippen MR) is 108 cm³/mol. The summed E-state index contributed by atoms with van der Waals surface area (Å²) >= 11 is 1.23. The number of sulfonamides is 1. The van der Waals surface area contributed by atoms with Crippen LogP contribution in [0.2, 0.25) is 0 Å². The first-order valence-electron chi connectivity index (χ1n) is 8.32. The molecule has 0 fully saturated rings. The van der Waals surface area contributed by atoms with Crippen LogP contribution in [0.25, 0.3) is 10.9 Å². The number of aromatic nitrogens is 1. The summed E-state index contributed by atoms with van der Waals surface area (Å²) in [5, 5.41) is 0.916. The summed E-state index contributed by atoms with van der Waals surface area (Å²) < 4.78 is 24.5. The maximum absolute atomic E-state index is 12.2. The molecule has 1 aromatic carbocycles. The molecule has 0 saturated heterocycles. The molecule has 3 rings (SSSR count). The Morgan fingerprint density at radius 2 is 1.75 bits per heavy atom. The number of para-hydroxylation sites is 1. The fourth-order valence-electron chi connectivity index (χ4n) is 2.43. The molecule has 0 aliphatic rings. The summed E-state index contributed by atoms with van der Waals surface area (Å²) in [6, 6.07) is 14.2. The van der Waals surface area contributed by atoms with Crippen molar-refractivity contribution in [3.63, 3.8) is 0 Å². The average molecular weight is 419 g/mol. The molecule has 0 bridgehead atoms. The van der Waals surface area contributed by atoms with Crippen LogP contribution in [-0.2, 0) is 16.4 Å². The minimum atomic E-state index is -3.24. The van der Waals surface area contributed by atoms with Gasteiger partial charge in [-0.3, -0.25) is 20.4 Å². The van der Waals surface area contributed by atoms with Gasteiger partial charge in [-0.15, -0.1) is 11.3 Å². The van der Waals surface area contributed by atoms with Gasteiger partial charge in [0, 0.05) is 16.8 Å². The minimum absolute atomic E-state index is 0.192. The van der Waals surface area contributed by atoms with Gasteiger partial charge in [0.1, 0.15) is 5.69 Å². The van der Waals surface area contributed by atoms with Gasteiger partial charge in [-0.25, -0.2) is 18.1 Å². The van der Waals surface area contributed by atoms with Gasteiger partial charge in [0.25, 0.3) is 11.8 Å². The number of carbonyl (C=O) groups is 2. The molecule has 8 nitrogen and oxygen atoms in total. The molecule has 0 atom stereocenters. The Labute approximate surface area is 166 Å². The van der Waals surface area contributed by atoms with Crippen molar-refractivity contribution in [3.8, 4) is 0 Å². The van der Waals surface area contributed by atoms with Crippen molar-refractivity contribution in [1.29, 1.82) is 0 Å². The van der Waals surface area contributed by atoms with Crippen LogP contribution in [0.4, 0.5) is 0 Å². The third-order valence-electron chi connectivity index (χ3n) is 3.74. The molecule has 0 unspecified atom stereocenters. The SMILES string of the molecule is CS(=O)(=O)NCCc1ccc(C(=O)NNC(=O)c2ccc3ccccc3n2)s1. The number of benzene rings is 1. The highest BCUT2D eigenvalue weighted by molar-refractivity contribution is 7.88. The van der Waals surface area contributed by atoms with Crippen molar-refractivity contribution in [2.45, 2.75) is 6.42 Å². The Hall–Kier alpha value is -2.82. The zero-order valence-electron chi connectivity index (χ0n) is 14.9. The molecule has 2 aromatic heterocycles. The number of hydrogen-bond donors (Lipinski definition) is 3. The first kappa shape index (κ1) is 19.9. The van der Waals surface area contributed by atoms with E-state index in [0.29, 0.717) is 16.8 Å². The van der Waals surface area contributed by atoms with E-state index in [4.69, 9.17) is 0 Å². The van der Waals surface area contributed by atoms with E-state index in [2.05, 4.69) is 20.6 Å². The summed E-state index contributed by atoms with van der Waals surface area (Å²) in [6.07, 6.45) is 1.56. The van der Waals surface area contributed by atoms with E-state index >= 15 is 0 Å². The first-order valence-corrected chi connectivity index (χ1v) is 11.0. The second-order valence-electron chi connectivity index (χ2n) is 5.98. The standard InChI is InChI=1S/C18H18N4O4S2/c1-28(25,26)19-11-10-13-7-9-16(27-13)18(24)22-21-17(23)15-8-6-12-4-2-3-5-14(12)20-15/h2-9,19H,10-11H2,1H3,(H,21,23)(H,22,24). The van der Waals surface area contributed by atoms with E-state index in [1.807, 2.05) is 18.2 Å². The lowest BCUT2D eigenvalue weighted by molar-refractivity contribution is 0.0846. The summed E-state index contributed by atoms with van der Waals surface area (Å²) in [6.45, 7) is 0.255. The number of nitrogens with zero attached hydrogens (tertiary/aromatic N) is 1. The molecule has 2 amide bonds. The van der Waals surface area contributed by atoms with Crippen LogP contribution >= 0.6 is 11.3 Å². The molecule has 0 spiro atoms. The van der Waals surface area contributed by atoms with Crippen molar-refractivity contribution in [2.75, 3.05) is 12.8 Å². The lowest BCUT2D eigenvalue weighted by Crippen LogP contribution is -2.41. The molecule has 0 radical (unpaired) electrons. The second kappa shape index (κ2) is 8.46. The van der Waals surface area contributed by atoms with Crippen LogP contribution in [0.1, 0.15) is 25.0 Å². The zero-order valence-corrected chi connectivity index (χ0v) is 16.6. The van der Waals surface area contributed by atoms with Gasteiger partial charge < -0.3 is 0 Å². The molecule has 28 heavy (non-hydrogen) atoms. The Kier molecular flexibility index (Phi) is 6.02. The normalized spacial score (nSPS) is 11.3. The van der Waals surface area contributed by atoms with E-state index < -0.39 is 21.8 Å². The van der Waals surface area contributed by atoms with Gasteiger partial charge in [0.15, 0.2) is 0 Å². The third kappa shape index (κ3) is 5.35. The first-order chi connectivity index (χ1) is 13.3. The second-order valence-corrected chi connectivity index (χ2v) is 8.98. The Morgan fingerprint density at radius 1 is 1.00 bits per heavy atom. The number of amides is 2. The van der Waals surface area contributed by atoms with Gasteiger partial charge >= 0.3 is 0 Å². The number of rotatable bonds is 6. The summed E-state index contributed by atoms with van der Waals surface area (Å²) in [5.41, 5.74) is 5.59. The van der Waals surface area contributed by atoms with Crippen LogP contribution < -0.4 is 15.6 Å². The lowest BCUT2D eigenvalue weighted by Gasteiger charge is -2.06. The molecule has 146 valence electrons. The van der Waals surface area contributed by atoms with Gasteiger partial charge in [0.05, 0.1) is 16.6 Å². The Balaban J connectivity index is 1.55. The summed E-state index contributed by atoms with van der Waals surface area (Å²) in [5.74, 6) is -0.977. The third-order valence-corrected chi connectivity index (χ3v) is 5.61. The zero-order chi connectivity index (χ0) is 20.1. The molecule has 0 saturated carbocycles. The van der Waals surface area contributed by atoms with Crippen molar-refractivity contribution in [2.24, 2.45) is 0 Å². The van der Waals surface area contributed by atoms with Crippen molar-refractivity contribution in [3.05, 3.63) is 64.0 Å². The van der Waals surface area contributed by atoms with Crippen LogP contribution in [0, 0.1) is 0 Å².